The van der Waals surface area contributed by atoms with Crippen molar-refractivity contribution in [3.8, 4) is 0 Å². The molecular formula is C24H24FN3O3S. The summed E-state index contributed by atoms with van der Waals surface area (Å²) in [6.07, 6.45) is 12.2. The number of carbonyl (C=O) groups excluding carboxylic acids is 1. The first-order chi connectivity index (χ1) is 15.4. The van der Waals surface area contributed by atoms with Gasteiger partial charge in [-0.2, -0.15) is 4.39 Å². The largest absolute Gasteiger partial charge is 0.458 e. The van der Waals surface area contributed by atoms with Crippen LogP contribution in [0.1, 0.15) is 42.2 Å². The number of carbonyl (C=O) groups is 1. The van der Waals surface area contributed by atoms with E-state index in [9.17, 15) is 9.18 Å². The van der Waals surface area contributed by atoms with Gasteiger partial charge in [-0.15, -0.1) is 11.3 Å². The van der Waals surface area contributed by atoms with Crippen molar-refractivity contribution in [3.05, 3.63) is 88.4 Å². The van der Waals surface area contributed by atoms with Gasteiger partial charge < -0.3 is 9.47 Å². The van der Waals surface area contributed by atoms with Crippen LogP contribution in [0.3, 0.4) is 0 Å². The van der Waals surface area contributed by atoms with Crippen molar-refractivity contribution < 1.29 is 18.7 Å². The molecule has 2 aliphatic carbocycles. The van der Waals surface area contributed by atoms with Crippen molar-refractivity contribution in [1.82, 2.24) is 9.97 Å². The summed E-state index contributed by atoms with van der Waals surface area (Å²) in [7, 11) is 1.69. The Hall–Kier alpha value is -3.10. The van der Waals surface area contributed by atoms with E-state index < -0.39 is 11.9 Å². The Morgan fingerprint density at radius 1 is 1.34 bits per heavy atom. The number of aromatic nitrogens is 2. The van der Waals surface area contributed by atoms with E-state index in [1.54, 1.807) is 7.11 Å². The van der Waals surface area contributed by atoms with Gasteiger partial charge in [0.15, 0.2) is 5.13 Å². The van der Waals surface area contributed by atoms with E-state index in [-0.39, 0.29) is 23.5 Å². The summed E-state index contributed by atoms with van der Waals surface area (Å²) in [6.45, 7) is 4.18. The molecule has 8 heteroatoms. The standard InChI is InChI=1S/C24H24FN3O3S/c1-14-10-19(31-18-6-4-17(30-3)5-7-18)11-15(2)22(14)20-13-32-24(27-20)28-23(29)16-8-9-26-21(25)12-16/h4,6-14,17,22H,5H2,1-3H3,(H,27,28,29). The monoisotopic (exact) mass is 453 g/mol. The summed E-state index contributed by atoms with van der Waals surface area (Å²) in [4.78, 5) is 20.4. The first-order valence-corrected chi connectivity index (χ1v) is 11.2. The Kier molecular flexibility index (Phi) is 6.62. The number of allylic oxidation sites excluding steroid dienone is 4. The summed E-state index contributed by atoms with van der Waals surface area (Å²) < 4.78 is 24.7. The summed E-state index contributed by atoms with van der Waals surface area (Å²) >= 11 is 1.34. The van der Waals surface area contributed by atoms with Gasteiger partial charge in [-0.3, -0.25) is 10.1 Å². The number of rotatable bonds is 6. The number of nitrogens with zero attached hydrogens (tertiary/aromatic N) is 2. The van der Waals surface area contributed by atoms with E-state index in [0.717, 1.165) is 35.3 Å². The quantitative estimate of drug-likeness (QED) is 0.596. The van der Waals surface area contributed by atoms with Gasteiger partial charge in [-0.05, 0) is 49.6 Å². The SMILES string of the molecule is COC1C=CC(OC2=CC(C)C(c3csc(NC(=O)c4ccnc(F)c4)n3)C(C)=C2)=CC1. The number of hydrogen-bond donors (Lipinski definition) is 1. The first kappa shape index (κ1) is 22.1. The lowest BCUT2D eigenvalue weighted by molar-refractivity contribution is 0.102. The van der Waals surface area contributed by atoms with Gasteiger partial charge in [0.2, 0.25) is 5.95 Å². The molecule has 6 nitrogen and oxygen atoms in total. The minimum atomic E-state index is -0.697. The molecule has 32 heavy (non-hydrogen) atoms. The van der Waals surface area contributed by atoms with E-state index in [1.165, 1.54) is 23.6 Å². The van der Waals surface area contributed by atoms with Crippen molar-refractivity contribution in [3.63, 3.8) is 0 Å². The van der Waals surface area contributed by atoms with Gasteiger partial charge in [0.25, 0.3) is 5.91 Å². The van der Waals surface area contributed by atoms with Crippen LogP contribution >= 0.6 is 11.3 Å². The molecule has 0 bridgehead atoms. The zero-order chi connectivity index (χ0) is 22.7. The Morgan fingerprint density at radius 3 is 2.88 bits per heavy atom. The topological polar surface area (TPSA) is 73.3 Å². The Morgan fingerprint density at radius 2 is 2.19 bits per heavy atom. The van der Waals surface area contributed by atoms with Gasteiger partial charge in [-0.1, -0.05) is 18.6 Å². The number of hydrogen-bond acceptors (Lipinski definition) is 6. The molecule has 2 aliphatic rings. The molecule has 1 N–H and O–H groups in total. The van der Waals surface area contributed by atoms with Crippen LogP contribution in [0.15, 0.2) is 71.2 Å². The number of thiazole rings is 1. The average Bonchev–Trinajstić information content (AvgIpc) is 3.21. The van der Waals surface area contributed by atoms with E-state index in [4.69, 9.17) is 9.47 Å². The Balaban J connectivity index is 1.42. The number of methoxy groups -OCH3 is 1. The third-order valence-corrected chi connectivity index (χ3v) is 6.20. The predicted octanol–water partition coefficient (Wildman–Crippen LogP) is 5.37. The smallest absolute Gasteiger partial charge is 0.257 e. The molecule has 2 aromatic rings. The van der Waals surface area contributed by atoms with Crippen molar-refractivity contribution >= 4 is 22.4 Å². The van der Waals surface area contributed by atoms with Crippen molar-refractivity contribution in [2.75, 3.05) is 12.4 Å². The summed E-state index contributed by atoms with van der Waals surface area (Å²) in [5.41, 5.74) is 2.20. The number of amides is 1. The molecule has 1 amide bonds. The number of ether oxygens (including phenoxy) is 2. The number of anilines is 1. The maximum absolute atomic E-state index is 13.3. The molecule has 166 valence electrons. The van der Waals surface area contributed by atoms with Crippen LogP contribution < -0.4 is 5.32 Å². The molecule has 2 aromatic heterocycles. The zero-order valence-electron chi connectivity index (χ0n) is 18.0. The van der Waals surface area contributed by atoms with Crippen molar-refractivity contribution in [2.45, 2.75) is 32.3 Å². The van der Waals surface area contributed by atoms with Crippen LogP contribution in [0.5, 0.6) is 0 Å². The molecule has 3 atom stereocenters. The van der Waals surface area contributed by atoms with Crippen LogP contribution in [0.2, 0.25) is 0 Å². The van der Waals surface area contributed by atoms with Crippen LogP contribution in [0.4, 0.5) is 9.52 Å². The molecule has 0 fully saturated rings. The maximum Gasteiger partial charge on any atom is 0.257 e. The van der Waals surface area contributed by atoms with E-state index in [0.29, 0.717) is 5.13 Å². The second-order valence-corrected chi connectivity index (χ2v) is 8.63. The molecule has 0 saturated heterocycles. The fraction of sp³-hybridized carbons (Fsp3) is 0.292. The van der Waals surface area contributed by atoms with Crippen LogP contribution in [0.25, 0.3) is 0 Å². The van der Waals surface area contributed by atoms with E-state index in [2.05, 4.69) is 35.2 Å². The highest BCUT2D eigenvalue weighted by atomic mass is 32.1. The predicted molar refractivity (Wildman–Crippen MR) is 122 cm³/mol. The summed E-state index contributed by atoms with van der Waals surface area (Å²) in [6, 6.07) is 2.56. The minimum absolute atomic E-state index is 0.0800. The lowest BCUT2D eigenvalue weighted by Gasteiger charge is -2.26. The lowest BCUT2D eigenvalue weighted by Crippen LogP contribution is -2.16. The molecule has 0 radical (unpaired) electrons. The number of pyridine rings is 1. The minimum Gasteiger partial charge on any atom is -0.458 e. The van der Waals surface area contributed by atoms with Gasteiger partial charge in [0, 0.05) is 36.2 Å². The first-order valence-electron chi connectivity index (χ1n) is 10.3. The Bertz CT molecular complexity index is 1140. The van der Waals surface area contributed by atoms with Crippen LogP contribution in [-0.2, 0) is 9.47 Å². The molecule has 3 unspecified atom stereocenters. The Labute approximate surface area is 190 Å². The average molecular weight is 454 g/mol. The summed E-state index contributed by atoms with van der Waals surface area (Å²) in [5.74, 6) is 0.742. The highest BCUT2D eigenvalue weighted by molar-refractivity contribution is 7.14. The highest BCUT2D eigenvalue weighted by Gasteiger charge is 2.27. The van der Waals surface area contributed by atoms with Crippen LogP contribution in [-0.4, -0.2) is 29.1 Å². The second kappa shape index (κ2) is 9.58. The zero-order valence-corrected chi connectivity index (χ0v) is 18.9. The molecule has 0 aromatic carbocycles. The number of nitrogens with one attached hydrogen (secondary N) is 1. The van der Waals surface area contributed by atoms with Gasteiger partial charge in [0.1, 0.15) is 11.5 Å². The third kappa shape index (κ3) is 5.03. The van der Waals surface area contributed by atoms with Gasteiger partial charge in [0.05, 0.1) is 11.8 Å². The van der Waals surface area contributed by atoms with Crippen molar-refractivity contribution in [1.29, 1.82) is 0 Å². The van der Waals surface area contributed by atoms with Gasteiger partial charge in [-0.25, -0.2) is 9.97 Å². The molecule has 0 aliphatic heterocycles. The fourth-order valence-corrected chi connectivity index (χ4v) is 4.61. The normalized spacial score (nSPS) is 22.6. The molecule has 4 rings (SSSR count). The molecular weight excluding hydrogens is 429 g/mol. The highest BCUT2D eigenvalue weighted by Crippen LogP contribution is 2.39. The molecule has 2 heterocycles. The lowest BCUT2D eigenvalue weighted by atomic mass is 9.81. The maximum atomic E-state index is 13.3. The van der Waals surface area contributed by atoms with Gasteiger partial charge >= 0.3 is 0 Å². The van der Waals surface area contributed by atoms with Crippen LogP contribution in [0, 0.1) is 11.9 Å². The van der Waals surface area contributed by atoms with Crippen molar-refractivity contribution in [2.24, 2.45) is 5.92 Å². The summed E-state index contributed by atoms with van der Waals surface area (Å²) in [5, 5.41) is 5.15. The second-order valence-electron chi connectivity index (χ2n) is 7.77. The van der Waals surface area contributed by atoms with E-state index in [1.807, 2.05) is 29.7 Å². The molecule has 0 spiro atoms. The molecule has 0 saturated carbocycles. The van der Waals surface area contributed by atoms with E-state index >= 15 is 0 Å². The third-order valence-electron chi connectivity index (χ3n) is 5.43. The number of halogens is 1. The fourth-order valence-electron chi connectivity index (χ4n) is 3.87.